The molecule has 4 aromatic rings. The number of fused-ring (bicyclic) bond motifs is 4. The number of hydrogen-bond acceptors (Lipinski definition) is 12. The quantitative estimate of drug-likeness (QED) is 0.234. The maximum atomic E-state index is 13.4. The van der Waals surface area contributed by atoms with Crippen LogP contribution in [0.5, 0.6) is 0 Å². The van der Waals surface area contributed by atoms with Gasteiger partial charge in [-0.15, -0.1) is 0 Å². The highest BCUT2D eigenvalue weighted by atomic mass is 16.2. The number of anilines is 4. The van der Waals surface area contributed by atoms with Crippen molar-refractivity contribution in [1.29, 1.82) is 0 Å². The lowest BCUT2D eigenvalue weighted by Gasteiger charge is -2.58. The van der Waals surface area contributed by atoms with Crippen molar-refractivity contribution in [3.05, 3.63) is 65.6 Å². The minimum Gasteiger partial charge on any atom is -0.370 e. The Labute approximate surface area is 341 Å². The normalized spacial score (nSPS) is 23.8. The fraction of sp³-hybridized carbons (Fsp3) is 0.488. The first-order valence-electron chi connectivity index (χ1n) is 21.0. The summed E-state index contributed by atoms with van der Waals surface area (Å²) in [4.78, 5) is 88.1. The van der Waals surface area contributed by atoms with E-state index in [0.29, 0.717) is 46.6 Å². The Morgan fingerprint density at radius 3 is 2.31 bits per heavy atom. The molecule has 59 heavy (non-hydrogen) atoms. The summed E-state index contributed by atoms with van der Waals surface area (Å²) in [6.45, 7) is 4.91. The summed E-state index contributed by atoms with van der Waals surface area (Å²) in [6.07, 6.45) is 11.6. The molecule has 306 valence electrons. The van der Waals surface area contributed by atoms with E-state index in [2.05, 4.69) is 41.0 Å². The average molecular weight is 800 g/mol. The molecule has 3 aromatic heterocycles. The first-order chi connectivity index (χ1) is 28.6. The number of pyridine rings is 1. The van der Waals surface area contributed by atoms with Crippen LogP contribution < -0.4 is 20.4 Å². The zero-order chi connectivity index (χ0) is 40.5. The highest BCUT2D eigenvalue weighted by Crippen LogP contribution is 2.40. The van der Waals surface area contributed by atoms with Crippen LogP contribution >= 0.6 is 0 Å². The first-order valence-corrected chi connectivity index (χ1v) is 21.0. The number of aromatic nitrogens is 4. The lowest BCUT2D eigenvalue weighted by Crippen LogP contribution is -2.69. The molecule has 2 N–H and O–H groups in total. The van der Waals surface area contributed by atoms with Gasteiger partial charge in [0, 0.05) is 88.6 Å². The van der Waals surface area contributed by atoms with Crippen molar-refractivity contribution >= 4 is 63.7 Å². The van der Waals surface area contributed by atoms with Gasteiger partial charge in [0.2, 0.25) is 17.8 Å². The van der Waals surface area contributed by atoms with Crippen molar-refractivity contribution in [3.63, 3.8) is 0 Å². The van der Waals surface area contributed by atoms with Gasteiger partial charge in [0.1, 0.15) is 23.2 Å². The summed E-state index contributed by atoms with van der Waals surface area (Å²) < 4.78 is 2.12. The van der Waals surface area contributed by atoms with Crippen molar-refractivity contribution in [2.75, 3.05) is 61.9 Å². The molecule has 7 aliphatic rings. The number of benzene rings is 1. The van der Waals surface area contributed by atoms with E-state index in [1.807, 2.05) is 30.5 Å². The van der Waals surface area contributed by atoms with Crippen LogP contribution in [0.25, 0.3) is 11.0 Å². The molecule has 6 aliphatic heterocycles. The van der Waals surface area contributed by atoms with E-state index in [1.54, 1.807) is 31.3 Å². The van der Waals surface area contributed by atoms with Crippen LogP contribution in [0.15, 0.2) is 48.8 Å². The number of nitrogens with one attached hydrogen (secondary N) is 2. The molecule has 2 bridgehead atoms. The lowest BCUT2D eigenvalue weighted by atomic mass is 9.85. The SMILES string of the molecule is CN(C)C(=O)c1cc2cnc(Nc3ccc(N4CCC(CN5CC6CC(C5)N6c5ccc6c(c5)C(=O)N(C5CCC(=O)NC5=O)C6=O)CC4)cn3)nc2n1C1CCCC1. The molecule has 0 spiro atoms. The van der Waals surface area contributed by atoms with Gasteiger partial charge in [-0.1, -0.05) is 12.8 Å². The number of carbonyl (C=O) groups excluding carboxylic acids is 5. The third-order valence-electron chi connectivity index (χ3n) is 13.4. The second-order valence-corrected chi connectivity index (χ2v) is 17.3. The van der Waals surface area contributed by atoms with Crippen molar-refractivity contribution in [2.24, 2.45) is 5.92 Å². The fourth-order valence-electron chi connectivity index (χ4n) is 10.4. The third-order valence-corrected chi connectivity index (χ3v) is 13.4. The molecule has 9 heterocycles. The van der Waals surface area contributed by atoms with E-state index in [0.717, 1.165) is 105 Å². The van der Waals surface area contributed by atoms with E-state index in [9.17, 15) is 24.0 Å². The van der Waals surface area contributed by atoms with E-state index < -0.39 is 23.8 Å². The topological polar surface area (TPSA) is 169 Å². The third kappa shape index (κ3) is 6.66. The number of piperidine rings is 3. The molecule has 16 nitrogen and oxygen atoms in total. The Kier molecular flexibility index (Phi) is 9.33. The molecule has 3 unspecified atom stereocenters. The molecule has 0 radical (unpaired) electrons. The minimum absolute atomic E-state index is 0.0297. The predicted molar refractivity (Wildman–Crippen MR) is 220 cm³/mol. The van der Waals surface area contributed by atoms with Gasteiger partial charge in [-0.25, -0.2) is 9.97 Å². The standard InChI is InChI=1S/C43H49N11O5/c1-49(2)42(59)35-17-26-20-45-43(48-38(26)53(35)27-5-3-4-6-27)46-36-11-8-29(21-44-36)51-15-13-25(14-16-51)22-50-23-30-18-31(24-50)52(30)28-7-9-32-33(19-28)41(58)54(40(32)57)34-10-12-37(55)47-39(34)56/h7-9,11,17,19-21,25,27,30-31,34H,3-6,10,12-16,18,22-24H2,1-2H3,(H,47,55,56)(H,44,45,46,48). The largest absolute Gasteiger partial charge is 0.370 e. The van der Waals surface area contributed by atoms with Crippen molar-refractivity contribution in [1.82, 2.24) is 39.5 Å². The lowest BCUT2D eigenvalue weighted by molar-refractivity contribution is -0.136. The molecule has 1 aromatic carbocycles. The summed E-state index contributed by atoms with van der Waals surface area (Å²) in [5.74, 6) is -0.224. The van der Waals surface area contributed by atoms with Crippen LogP contribution in [0, 0.1) is 5.92 Å². The van der Waals surface area contributed by atoms with E-state index in [4.69, 9.17) is 9.97 Å². The zero-order valence-electron chi connectivity index (χ0n) is 33.5. The van der Waals surface area contributed by atoms with Gasteiger partial charge < -0.3 is 24.6 Å². The van der Waals surface area contributed by atoms with Gasteiger partial charge in [-0.05, 0) is 80.8 Å². The van der Waals surface area contributed by atoms with Gasteiger partial charge in [-0.3, -0.25) is 39.1 Å². The Balaban J connectivity index is 0.726. The van der Waals surface area contributed by atoms with E-state index in [1.165, 1.54) is 0 Å². The molecular formula is C43H49N11O5. The molecule has 6 fully saturated rings. The van der Waals surface area contributed by atoms with Crippen LogP contribution in [0.2, 0.25) is 0 Å². The average Bonchev–Trinajstić information content (AvgIpc) is 3.95. The number of amides is 5. The van der Waals surface area contributed by atoms with Crippen LogP contribution in [0.3, 0.4) is 0 Å². The molecule has 5 saturated heterocycles. The van der Waals surface area contributed by atoms with E-state index in [-0.39, 0.29) is 30.7 Å². The Morgan fingerprint density at radius 1 is 0.847 bits per heavy atom. The minimum atomic E-state index is -0.965. The highest BCUT2D eigenvalue weighted by Gasteiger charge is 2.48. The monoisotopic (exact) mass is 799 g/mol. The number of carbonyl (C=O) groups is 5. The summed E-state index contributed by atoms with van der Waals surface area (Å²) >= 11 is 0. The highest BCUT2D eigenvalue weighted by molar-refractivity contribution is 6.23. The summed E-state index contributed by atoms with van der Waals surface area (Å²) in [5.41, 5.74) is 4.11. The first kappa shape index (κ1) is 37.4. The second-order valence-electron chi connectivity index (χ2n) is 17.3. The van der Waals surface area contributed by atoms with Gasteiger partial charge in [-0.2, -0.15) is 4.98 Å². The van der Waals surface area contributed by atoms with Gasteiger partial charge >= 0.3 is 0 Å². The van der Waals surface area contributed by atoms with E-state index >= 15 is 0 Å². The Bertz CT molecular complexity index is 2350. The molecule has 3 atom stereocenters. The number of imide groups is 2. The van der Waals surface area contributed by atoms with Crippen LogP contribution in [0.1, 0.15) is 95.0 Å². The number of nitrogens with zero attached hydrogens (tertiary/aromatic N) is 9. The number of hydrogen-bond donors (Lipinski definition) is 2. The van der Waals surface area contributed by atoms with Crippen LogP contribution in [0.4, 0.5) is 23.1 Å². The smallest absolute Gasteiger partial charge is 0.270 e. The Hall–Kier alpha value is -5.90. The zero-order valence-corrected chi connectivity index (χ0v) is 33.5. The molecule has 16 heteroatoms. The maximum absolute atomic E-state index is 13.4. The van der Waals surface area contributed by atoms with Gasteiger partial charge in [0.15, 0.2) is 0 Å². The summed E-state index contributed by atoms with van der Waals surface area (Å²) in [6, 6.07) is 11.4. The number of piperazine rings is 1. The Morgan fingerprint density at radius 2 is 1.59 bits per heavy atom. The second kappa shape index (κ2) is 14.7. The fourth-order valence-corrected chi connectivity index (χ4v) is 10.4. The van der Waals surface area contributed by atoms with Crippen molar-refractivity contribution in [3.8, 4) is 0 Å². The van der Waals surface area contributed by atoms with Crippen LogP contribution in [-0.2, 0) is 9.59 Å². The predicted octanol–water partition coefficient (Wildman–Crippen LogP) is 3.97. The molecular weight excluding hydrogens is 751 g/mol. The van der Waals surface area contributed by atoms with Gasteiger partial charge in [0.25, 0.3) is 17.7 Å². The summed E-state index contributed by atoms with van der Waals surface area (Å²) in [5, 5.41) is 6.40. The molecule has 11 rings (SSSR count). The van der Waals surface area contributed by atoms with Gasteiger partial charge in [0.05, 0.1) is 23.0 Å². The molecule has 1 aliphatic carbocycles. The van der Waals surface area contributed by atoms with Crippen molar-refractivity contribution < 1.29 is 24.0 Å². The molecule has 1 saturated carbocycles. The number of rotatable bonds is 9. The van der Waals surface area contributed by atoms with Crippen LogP contribution in [-0.4, -0.2) is 129 Å². The summed E-state index contributed by atoms with van der Waals surface area (Å²) in [7, 11) is 3.56. The van der Waals surface area contributed by atoms with Crippen molar-refractivity contribution in [2.45, 2.75) is 82.0 Å². The maximum Gasteiger partial charge on any atom is 0.270 e. The molecule has 5 amide bonds.